The molecule has 3 unspecified atom stereocenters. The van der Waals surface area contributed by atoms with E-state index in [2.05, 4.69) is 25.7 Å². The molecule has 0 spiro atoms. The van der Waals surface area contributed by atoms with Crippen molar-refractivity contribution in [3.05, 3.63) is 12.7 Å². The average molecular weight is 209 g/mol. The second-order valence-electron chi connectivity index (χ2n) is 5.05. The van der Waals surface area contributed by atoms with E-state index in [9.17, 15) is 0 Å². The maximum absolute atomic E-state index is 3.83. The van der Waals surface area contributed by atoms with Crippen LogP contribution in [-0.2, 0) is 0 Å². The third-order valence-electron chi connectivity index (χ3n) is 3.64. The van der Waals surface area contributed by atoms with Crippen molar-refractivity contribution in [2.45, 2.75) is 70.9 Å². The van der Waals surface area contributed by atoms with Crippen LogP contribution in [0.25, 0.3) is 0 Å². The van der Waals surface area contributed by atoms with Crippen molar-refractivity contribution in [3.8, 4) is 0 Å². The van der Waals surface area contributed by atoms with E-state index in [1.807, 2.05) is 6.08 Å². The molecule has 0 aliphatic heterocycles. The van der Waals surface area contributed by atoms with Crippen LogP contribution in [0.2, 0.25) is 0 Å². The summed E-state index contributed by atoms with van der Waals surface area (Å²) in [6.45, 7) is 8.33. The molecule has 1 aliphatic rings. The minimum Gasteiger partial charge on any atom is -0.308 e. The summed E-state index contributed by atoms with van der Waals surface area (Å²) in [5.41, 5.74) is 0. The Bertz CT molecular complexity index is 176. The lowest BCUT2D eigenvalue weighted by molar-refractivity contribution is 0.404. The summed E-state index contributed by atoms with van der Waals surface area (Å²) in [4.78, 5) is 0. The van der Waals surface area contributed by atoms with Crippen LogP contribution in [0.4, 0.5) is 0 Å². The highest BCUT2D eigenvalue weighted by atomic mass is 14.9. The Morgan fingerprint density at radius 1 is 1.33 bits per heavy atom. The van der Waals surface area contributed by atoms with Gasteiger partial charge in [-0.05, 0) is 32.1 Å². The van der Waals surface area contributed by atoms with Crippen LogP contribution < -0.4 is 5.32 Å². The second-order valence-corrected chi connectivity index (χ2v) is 5.05. The maximum atomic E-state index is 3.83. The predicted molar refractivity (Wildman–Crippen MR) is 68.1 cm³/mol. The molecular weight excluding hydrogens is 182 g/mol. The summed E-state index contributed by atoms with van der Waals surface area (Å²) in [6.07, 6.45) is 11.8. The van der Waals surface area contributed by atoms with Gasteiger partial charge in [-0.2, -0.15) is 0 Å². The van der Waals surface area contributed by atoms with Gasteiger partial charge in [-0.15, -0.1) is 6.58 Å². The third kappa shape index (κ3) is 4.83. The Morgan fingerprint density at radius 2 is 2.13 bits per heavy atom. The summed E-state index contributed by atoms with van der Waals surface area (Å²) in [7, 11) is 0. The minimum absolute atomic E-state index is 0.470. The van der Waals surface area contributed by atoms with Gasteiger partial charge in [-0.1, -0.05) is 38.7 Å². The van der Waals surface area contributed by atoms with Crippen LogP contribution in [0.1, 0.15) is 58.8 Å². The van der Waals surface area contributed by atoms with Crippen LogP contribution in [0.3, 0.4) is 0 Å². The molecule has 0 radical (unpaired) electrons. The summed E-state index contributed by atoms with van der Waals surface area (Å²) in [6, 6.07) is 1.21. The standard InChI is InChI=1S/C14H27N/c1-4-7-13-8-6-9-14(11-10-13)15-12(3)5-2/h5,12-15H,2,4,6-11H2,1,3H3. The molecule has 0 aromatic rings. The molecule has 1 N–H and O–H groups in total. The van der Waals surface area contributed by atoms with Crippen LogP contribution in [0.15, 0.2) is 12.7 Å². The van der Waals surface area contributed by atoms with Crippen LogP contribution in [-0.4, -0.2) is 12.1 Å². The molecule has 1 nitrogen and oxygen atoms in total. The smallest absolute Gasteiger partial charge is 0.0221 e. The van der Waals surface area contributed by atoms with Crippen molar-refractivity contribution in [2.75, 3.05) is 0 Å². The fraction of sp³-hybridized carbons (Fsp3) is 0.857. The van der Waals surface area contributed by atoms with Gasteiger partial charge < -0.3 is 5.32 Å². The molecule has 0 saturated heterocycles. The molecule has 0 aromatic carbocycles. The lowest BCUT2D eigenvalue weighted by Crippen LogP contribution is -2.34. The Labute approximate surface area is 95.3 Å². The first-order valence-electron chi connectivity index (χ1n) is 6.64. The summed E-state index contributed by atoms with van der Waals surface area (Å²) < 4.78 is 0. The Kier molecular flexibility index (Phi) is 6.00. The molecular formula is C14H27N. The second kappa shape index (κ2) is 7.05. The summed E-state index contributed by atoms with van der Waals surface area (Å²) in [5.74, 6) is 1.00. The van der Waals surface area contributed by atoms with Gasteiger partial charge in [0.05, 0.1) is 0 Å². The fourth-order valence-electron chi connectivity index (χ4n) is 2.68. The first-order chi connectivity index (χ1) is 7.26. The van der Waals surface area contributed by atoms with Crippen molar-refractivity contribution in [1.82, 2.24) is 5.32 Å². The quantitative estimate of drug-likeness (QED) is 0.535. The van der Waals surface area contributed by atoms with E-state index >= 15 is 0 Å². The summed E-state index contributed by atoms with van der Waals surface area (Å²) in [5, 5.41) is 3.65. The molecule has 88 valence electrons. The van der Waals surface area contributed by atoms with Crippen molar-refractivity contribution < 1.29 is 0 Å². The van der Waals surface area contributed by atoms with E-state index in [1.165, 1.54) is 44.9 Å². The molecule has 1 heteroatoms. The Hall–Kier alpha value is -0.300. The van der Waals surface area contributed by atoms with Gasteiger partial charge in [0, 0.05) is 12.1 Å². The Morgan fingerprint density at radius 3 is 2.80 bits per heavy atom. The van der Waals surface area contributed by atoms with E-state index in [4.69, 9.17) is 0 Å². The molecule has 15 heavy (non-hydrogen) atoms. The van der Waals surface area contributed by atoms with Gasteiger partial charge >= 0.3 is 0 Å². The lowest BCUT2D eigenvalue weighted by atomic mass is 9.95. The number of hydrogen-bond donors (Lipinski definition) is 1. The maximum Gasteiger partial charge on any atom is 0.0221 e. The molecule has 1 rings (SSSR count). The minimum atomic E-state index is 0.470. The van der Waals surface area contributed by atoms with Gasteiger partial charge in [0.2, 0.25) is 0 Å². The monoisotopic (exact) mass is 209 g/mol. The molecule has 3 atom stereocenters. The molecule has 1 aliphatic carbocycles. The number of rotatable bonds is 5. The zero-order valence-electron chi connectivity index (χ0n) is 10.5. The van der Waals surface area contributed by atoms with Gasteiger partial charge in [0.25, 0.3) is 0 Å². The number of nitrogens with one attached hydrogen (secondary N) is 1. The van der Waals surface area contributed by atoms with Gasteiger partial charge in [0.15, 0.2) is 0 Å². The molecule has 0 bridgehead atoms. The van der Waals surface area contributed by atoms with Gasteiger partial charge in [-0.3, -0.25) is 0 Å². The van der Waals surface area contributed by atoms with Crippen molar-refractivity contribution in [1.29, 1.82) is 0 Å². The normalized spacial score (nSPS) is 29.5. The first-order valence-corrected chi connectivity index (χ1v) is 6.64. The van der Waals surface area contributed by atoms with Crippen molar-refractivity contribution >= 4 is 0 Å². The predicted octanol–water partition coefficient (Wildman–Crippen LogP) is 3.90. The molecule has 0 amide bonds. The highest BCUT2D eigenvalue weighted by Crippen LogP contribution is 2.26. The van der Waals surface area contributed by atoms with E-state index in [0.29, 0.717) is 6.04 Å². The summed E-state index contributed by atoms with van der Waals surface area (Å²) >= 11 is 0. The SMILES string of the molecule is C=CC(C)NC1CCCC(CCC)CC1. The topological polar surface area (TPSA) is 12.0 Å². The largest absolute Gasteiger partial charge is 0.308 e. The van der Waals surface area contributed by atoms with Gasteiger partial charge in [-0.25, -0.2) is 0 Å². The molecule has 1 saturated carbocycles. The highest BCUT2D eigenvalue weighted by molar-refractivity contribution is 4.85. The van der Waals surface area contributed by atoms with Crippen LogP contribution >= 0.6 is 0 Å². The van der Waals surface area contributed by atoms with E-state index in [-0.39, 0.29) is 0 Å². The number of hydrogen-bond acceptors (Lipinski definition) is 1. The fourth-order valence-corrected chi connectivity index (χ4v) is 2.68. The molecule has 0 heterocycles. The van der Waals surface area contributed by atoms with E-state index < -0.39 is 0 Å². The molecule has 1 fully saturated rings. The lowest BCUT2D eigenvalue weighted by Gasteiger charge is -2.19. The first kappa shape index (κ1) is 12.8. The zero-order chi connectivity index (χ0) is 11.1. The van der Waals surface area contributed by atoms with E-state index in [0.717, 1.165) is 12.0 Å². The van der Waals surface area contributed by atoms with Crippen molar-refractivity contribution in [3.63, 3.8) is 0 Å². The Balaban J connectivity index is 2.28. The average Bonchev–Trinajstić information content (AvgIpc) is 2.45. The highest BCUT2D eigenvalue weighted by Gasteiger charge is 2.18. The van der Waals surface area contributed by atoms with Crippen LogP contribution in [0, 0.1) is 5.92 Å². The third-order valence-corrected chi connectivity index (χ3v) is 3.64. The zero-order valence-corrected chi connectivity index (χ0v) is 10.5. The molecule has 0 aromatic heterocycles. The van der Waals surface area contributed by atoms with Gasteiger partial charge in [0.1, 0.15) is 0 Å². The van der Waals surface area contributed by atoms with Crippen molar-refractivity contribution in [2.24, 2.45) is 5.92 Å². The van der Waals surface area contributed by atoms with Crippen LogP contribution in [0.5, 0.6) is 0 Å². The van der Waals surface area contributed by atoms with E-state index in [1.54, 1.807) is 0 Å².